The molecule has 0 amide bonds. The molecular formula is C93H118N23O28P3. The normalized spacial score (nSPS) is 25.4. The van der Waals surface area contributed by atoms with E-state index >= 15 is 0 Å². The summed E-state index contributed by atoms with van der Waals surface area (Å²) in [5.74, 6) is -0.226. The summed E-state index contributed by atoms with van der Waals surface area (Å²) in [7, 11) is -12.9. The molecule has 147 heavy (non-hydrogen) atoms. The van der Waals surface area contributed by atoms with E-state index in [1.54, 1.807) is 115 Å². The number of esters is 3. The molecule has 788 valence electrons. The molecular weight excluding hydrogens is 1980 g/mol. The Morgan fingerprint density at radius 1 is 0.374 bits per heavy atom. The largest absolute Gasteiger partial charge is 0.464 e. The third-order valence-electron chi connectivity index (χ3n) is 25.2. The van der Waals surface area contributed by atoms with E-state index in [4.69, 9.17) is 83.2 Å². The molecule has 11 aromatic rings. The van der Waals surface area contributed by atoms with Gasteiger partial charge in [0.05, 0.1) is 69.0 Å². The van der Waals surface area contributed by atoms with E-state index in [1.807, 2.05) is 65.8 Å². The number of nitrogen functional groups attached to an aromatic ring is 4. The standard InChI is InChI=1S/3C27H35N6O8P.C12H13N5O4/c3*1-4-18(5-2)13-38-26(36)17(3)32-42(37,41-19-9-7-6-8-10-19)39-14-21-23(34)24(35)27(15-28,40-21)22-12-11-20-25(29)30-16-31-33(20)22;13-4-12(10(20)9(19)7(3-18)21-12)8-2-1-6-11(14)15-5-16-17(6)8/h3*6-12,16-18,21,23-24,34-35H,4-5,13-14H2,1-3H3,(H,32,37)(H2,29,30,31);1-2,5,7,9-10,18-20H,3H2,(H2,14,15,16)/t17-,21+,23+,24+,27-,42?;17-,21+,23+,24+,27-,42+;17-,21+,23+,24+,27-,42-;7-,9-,10-,12+/m0001/s1. The number of hydrogen-bond donors (Lipinski definition) is 16. The van der Waals surface area contributed by atoms with E-state index < -0.39 is 181 Å². The van der Waals surface area contributed by atoms with Crippen LogP contribution in [0.3, 0.4) is 0 Å². The zero-order chi connectivity index (χ0) is 107. The number of nitrogens with two attached hydrogens (primary N) is 4. The molecule has 1 unspecified atom stereocenters. The lowest BCUT2D eigenvalue weighted by atomic mass is 9.92. The van der Waals surface area contributed by atoms with Crippen molar-refractivity contribution in [3.8, 4) is 41.5 Å². The van der Waals surface area contributed by atoms with E-state index in [0.717, 1.165) is 38.5 Å². The van der Waals surface area contributed by atoms with Crippen LogP contribution in [0.4, 0.5) is 23.3 Å². The van der Waals surface area contributed by atoms with Gasteiger partial charge in [-0.1, -0.05) is 135 Å². The van der Waals surface area contributed by atoms with Crippen LogP contribution >= 0.6 is 23.2 Å². The minimum atomic E-state index is -4.32. The molecule has 0 radical (unpaired) electrons. The zero-order valence-corrected chi connectivity index (χ0v) is 83.9. The highest BCUT2D eigenvalue weighted by atomic mass is 31.2. The highest BCUT2D eigenvalue weighted by Crippen LogP contribution is 2.52. The molecule has 12 heterocycles. The van der Waals surface area contributed by atoms with Crippen molar-refractivity contribution in [2.45, 2.75) is 215 Å². The molecule has 0 saturated carbocycles. The molecule has 8 aromatic heterocycles. The minimum Gasteiger partial charge on any atom is -0.464 e. The van der Waals surface area contributed by atoms with Crippen molar-refractivity contribution in [3.63, 3.8) is 0 Å². The van der Waals surface area contributed by atoms with Crippen molar-refractivity contribution in [1.82, 2.24) is 73.7 Å². The molecule has 51 nitrogen and oxygen atoms in total. The average Bonchev–Trinajstić information content (AvgIpc) is 1.60. The van der Waals surface area contributed by atoms with Gasteiger partial charge in [-0.2, -0.15) is 56.7 Å². The molecule has 4 aliphatic heterocycles. The number of nitrogens with zero attached hydrogens (tertiary/aromatic N) is 16. The third-order valence-corrected chi connectivity index (χ3v) is 30.2. The van der Waals surface area contributed by atoms with Crippen LogP contribution in [0.15, 0.2) is 165 Å². The second-order valence-electron chi connectivity index (χ2n) is 34.7. The van der Waals surface area contributed by atoms with Gasteiger partial charge in [-0.25, -0.2) is 51.7 Å². The number of rotatable bonds is 41. The summed E-state index contributed by atoms with van der Waals surface area (Å²) in [6.45, 7) is 14.7. The van der Waals surface area contributed by atoms with Crippen molar-refractivity contribution in [2.75, 3.05) is 69.2 Å². The highest BCUT2D eigenvalue weighted by molar-refractivity contribution is 7.52. The lowest BCUT2D eigenvalue weighted by Crippen LogP contribution is -2.41. The molecule has 54 heteroatoms. The number of fused-ring (bicyclic) bond motifs is 4. The number of carbonyl (C=O) groups is 3. The molecule has 0 bridgehead atoms. The number of aliphatic hydroxyl groups excluding tert-OH is 9. The SMILES string of the molecule is CCC(CC)COC(=O)[C@H](C)NP(=O)(OC[C@H]1O[C@@](C#N)(c2ccc3c(N)ncnn23)[C@H](O)[C@@H]1O)Oc1ccccc1.CCC(CC)COC(=O)[C@H](C)N[P@@](=O)(OC[C@H]1O[C@@](C#N)(c2ccc3c(N)ncnn23)[C@H](O)[C@@H]1O)Oc1ccccc1.CCC(CC)COC(=O)[C@H](C)N[P@](=O)(OC[C@H]1O[C@@](C#N)(c2ccc3c(N)ncnn23)[C@H](O)[C@@H]1O)Oc1ccccc1.N#C[C@@]1(c2ccc3c(N)ncnn23)O[C@H](CO)[C@@H](O)[C@H]1O. The van der Waals surface area contributed by atoms with E-state index in [1.165, 1.54) is 88.4 Å². The lowest BCUT2D eigenvalue weighted by Gasteiger charge is -2.25. The summed E-state index contributed by atoms with van der Waals surface area (Å²) in [6.07, 6.45) is -8.39. The van der Waals surface area contributed by atoms with Crippen LogP contribution in [0.2, 0.25) is 0 Å². The van der Waals surface area contributed by atoms with Crippen molar-refractivity contribution < 1.29 is 134 Å². The molecule has 0 spiro atoms. The van der Waals surface area contributed by atoms with Gasteiger partial charge < -0.3 is 116 Å². The number of benzene rings is 3. The Morgan fingerprint density at radius 2 is 0.592 bits per heavy atom. The number of ether oxygens (including phenoxy) is 7. The summed E-state index contributed by atoms with van der Waals surface area (Å²) in [6, 6.07) is 41.0. The Labute approximate surface area is 842 Å². The molecule has 15 rings (SSSR count). The Hall–Kier alpha value is -13.0. The fourth-order valence-electron chi connectivity index (χ4n) is 16.3. The van der Waals surface area contributed by atoms with Crippen LogP contribution in [0, 0.1) is 63.1 Å². The molecule has 4 fully saturated rings. The van der Waals surface area contributed by atoms with Gasteiger partial charge in [0.1, 0.15) is 180 Å². The first kappa shape index (κ1) is 113. The van der Waals surface area contributed by atoms with Gasteiger partial charge in [-0.3, -0.25) is 28.0 Å². The smallest absolute Gasteiger partial charge is 0.459 e. The van der Waals surface area contributed by atoms with Gasteiger partial charge in [0.15, 0.2) is 23.3 Å². The van der Waals surface area contributed by atoms with Gasteiger partial charge >= 0.3 is 41.1 Å². The van der Waals surface area contributed by atoms with E-state index in [2.05, 4.69) is 55.6 Å². The zero-order valence-electron chi connectivity index (χ0n) is 81.3. The second-order valence-corrected chi connectivity index (χ2v) is 39.7. The Kier molecular flexibility index (Phi) is 37.8. The van der Waals surface area contributed by atoms with Crippen molar-refractivity contribution in [1.29, 1.82) is 21.0 Å². The fraction of sp³-hybridized carbons (Fsp3) is 0.473. The summed E-state index contributed by atoms with van der Waals surface area (Å²) in [5, 5.41) is 159. The van der Waals surface area contributed by atoms with Gasteiger partial charge in [0.25, 0.3) is 0 Å². The molecule has 20 N–H and O–H groups in total. The average molecular weight is 2100 g/mol. The van der Waals surface area contributed by atoms with E-state index in [9.17, 15) is 95.1 Å². The molecule has 0 aliphatic carbocycles. The number of aliphatic hydroxyl groups is 9. The maximum atomic E-state index is 13.9. The first-order chi connectivity index (χ1) is 70.3. The molecule has 3 aromatic carbocycles. The van der Waals surface area contributed by atoms with Gasteiger partial charge in [0, 0.05) is 0 Å². The maximum Gasteiger partial charge on any atom is 0.459 e. The van der Waals surface area contributed by atoms with Crippen molar-refractivity contribution >= 4 is 86.5 Å². The van der Waals surface area contributed by atoms with Crippen LogP contribution in [0.1, 0.15) is 124 Å². The monoisotopic (exact) mass is 2100 g/mol. The number of nitriles is 4. The molecule has 4 aliphatic rings. The van der Waals surface area contributed by atoms with Crippen LogP contribution in [0.25, 0.3) is 22.1 Å². The van der Waals surface area contributed by atoms with Gasteiger partial charge in [-0.15, -0.1) is 0 Å². The van der Waals surface area contributed by atoms with Crippen molar-refractivity contribution in [3.05, 3.63) is 188 Å². The predicted molar refractivity (Wildman–Crippen MR) is 518 cm³/mol. The number of aromatic nitrogens is 12. The first-order valence-electron chi connectivity index (χ1n) is 46.8. The fourth-order valence-corrected chi connectivity index (χ4v) is 20.8. The number of hydrogen-bond acceptors (Lipinski definition) is 44. The Morgan fingerprint density at radius 3 is 0.796 bits per heavy atom. The number of anilines is 4. The Bertz CT molecular complexity index is 6130. The highest BCUT2D eigenvalue weighted by Gasteiger charge is 2.62. The molecule has 22 atom stereocenters. The van der Waals surface area contributed by atoms with Crippen LogP contribution in [-0.2, 0) is 97.2 Å². The minimum absolute atomic E-state index is 0.0961. The second kappa shape index (κ2) is 49.2. The van der Waals surface area contributed by atoms with Crippen LogP contribution < -0.4 is 51.8 Å². The van der Waals surface area contributed by atoms with E-state index in [0.29, 0.717) is 22.1 Å². The summed E-state index contributed by atoms with van der Waals surface area (Å²) < 4.78 is 120. The van der Waals surface area contributed by atoms with Gasteiger partial charge in [0.2, 0.25) is 22.4 Å². The first-order valence-corrected chi connectivity index (χ1v) is 51.5. The summed E-state index contributed by atoms with van der Waals surface area (Å²) >= 11 is 0. The van der Waals surface area contributed by atoms with Crippen LogP contribution in [0.5, 0.6) is 17.2 Å². The number of para-hydroxylation sites is 3. The third kappa shape index (κ3) is 24.7. The van der Waals surface area contributed by atoms with Crippen LogP contribution in [-0.4, -0.2) is 260 Å². The predicted octanol–water partition coefficient (Wildman–Crippen LogP) is 5.08. The van der Waals surface area contributed by atoms with Gasteiger partial charge in [-0.05, 0) is 123 Å². The Balaban J connectivity index is 0.000000178. The summed E-state index contributed by atoms with van der Waals surface area (Å²) in [5.41, 5.74) is 17.4. The number of carbonyl (C=O) groups excluding carboxylic acids is 3. The van der Waals surface area contributed by atoms with E-state index in [-0.39, 0.29) is 101 Å². The topological polar surface area (TPSA) is 761 Å². The molecule has 4 saturated heterocycles. The maximum absolute atomic E-state index is 13.9. The quantitative estimate of drug-likeness (QED) is 0.0135. The lowest BCUT2D eigenvalue weighted by molar-refractivity contribution is -0.147. The summed E-state index contributed by atoms with van der Waals surface area (Å²) in [4.78, 5) is 53.6. The number of nitrogens with one attached hydrogen (secondary N) is 3. The van der Waals surface area contributed by atoms with Crippen molar-refractivity contribution in [2.24, 2.45) is 17.8 Å².